The first-order chi connectivity index (χ1) is 9.21. The Morgan fingerprint density at radius 3 is 2.65 bits per heavy atom. The Morgan fingerprint density at radius 2 is 2.10 bits per heavy atom. The Hall–Kier alpha value is -2.12. The normalized spacial score (nSPS) is 12.8. The molecule has 0 fully saturated rings. The van der Waals surface area contributed by atoms with Gasteiger partial charge in [-0.3, -0.25) is 14.6 Å². The number of hydrogen-bond donors (Lipinski definition) is 2. The topological polar surface area (TPSA) is 79.3 Å². The van der Waals surface area contributed by atoms with Gasteiger partial charge in [-0.05, 0) is 18.1 Å². The number of alkyl halides is 3. The molecular formula is C12H13F3N2O3. The zero-order valence-corrected chi connectivity index (χ0v) is 10.6. The van der Waals surface area contributed by atoms with Crippen molar-refractivity contribution in [3.05, 3.63) is 29.6 Å². The molecule has 0 bridgehead atoms. The summed E-state index contributed by atoms with van der Waals surface area (Å²) in [6.45, 7) is 1.52. The molecule has 0 radical (unpaired) electrons. The van der Waals surface area contributed by atoms with Crippen LogP contribution in [0.2, 0.25) is 0 Å². The van der Waals surface area contributed by atoms with E-state index in [1.54, 1.807) is 6.92 Å². The van der Waals surface area contributed by atoms with Gasteiger partial charge in [-0.15, -0.1) is 0 Å². The fourth-order valence-corrected chi connectivity index (χ4v) is 1.54. The van der Waals surface area contributed by atoms with Crippen molar-refractivity contribution in [2.45, 2.75) is 19.5 Å². The second-order valence-electron chi connectivity index (χ2n) is 4.31. The maximum Gasteiger partial charge on any atom is 0.418 e. The molecule has 20 heavy (non-hydrogen) atoms. The molecule has 0 saturated heterocycles. The molecule has 1 atom stereocenters. The monoisotopic (exact) mass is 290 g/mol. The molecule has 1 amide bonds. The Labute approximate surface area is 112 Å². The largest absolute Gasteiger partial charge is 0.481 e. The van der Waals surface area contributed by atoms with E-state index >= 15 is 0 Å². The second kappa shape index (κ2) is 6.36. The zero-order valence-electron chi connectivity index (χ0n) is 10.6. The SMILES string of the molecule is CC(CNC(=O)c1ncccc1C(F)(F)F)CC(=O)O. The lowest BCUT2D eigenvalue weighted by Crippen LogP contribution is -2.31. The first-order valence-corrected chi connectivity index (χ1v) is 5.74. The Kier molecular flexibility index (Phi) is 5.06. The number of aliphatic carboxylic acids is 1. The summed E-state index contributed by atoms with van der Waals surface area (Å²) in [7, 11) is 0. The molecule has 8 heteroatoms. The lowest BCUT2D eigenvalue weighted by atomic mass is 10.1. The Bertz CT molecular complexity index is 503. The third kappa shape index (κ3) is 4.52. The highest BCUT2D eigenvalue weighted by Crippen LogP contribution is 2.30. The minimum Gasteiger partial charge on any atom is -0.481 e. The molecule has 0 aliphatic rings. The number of carbonyl (C=O) groups excluding carboxylic acids is 1. The van der Waals surface area contributed by atoms with Crippen LogP contribution in [0.25, 0.3) is 0 Å². The lowest BCUT2D eigenvalue weighted by Gasteiger charge is -2.13. The number of carbonyl (C=O) groups is 2. The third-order valence-corrected chi connectivity index (χ3v) is 2.46. The molecule has 1 heterocycles. The molecule has 0 spiro atoms. The van der Waals surface area contributed by atoms with Crippen LogP contribution in [0, 0.1) is 5.92 Å². The van der Waals surface area contributed by atoms with Gasteiger partial charge in [-0.1, -0.05) is 6.92 Å². The average Bonchev–Trinajstić information content (AvgIpc) is 2.34. The summed E-state index contributed by atoms with van der Waals surface area (Å²) in [6, 6.07) is 1.86. The van der Waals surface area contributed by atoms with Crippen molar-refractivity contribution >= 4 is 11.9 Å². The average molecular weight is 290 g/mol. The first kappa shape index (κ1) is 15.9. The number of rotatable bonds is 5. The minimum absolute atomic E-state index is 0.0427. The lowest BCUT2D eigenvalue weighted by molar-refractivity contribution is -0.138. The highest BCUT2D eigenvalue weighted by Gasteiger charge is 2.35. The van der Waals surface area contributed by atoms with Gasteiger partial charge in [0.05, 0.1) is 5.56 Å². The standard InChI is InChI=1S/C12H13F3N2O3/c1-7(5-9(18)19)6-17-11(20)10-8(12(13,14)15)3-2-4-16-10/h2-4,7H,5-6H2,1H3,(H,17,20)(H,18,19). The van der Waals surface area contributed by atoms with E-state index in [0.717, 1.165) is 18.3 Å². The van der Waals surface area contributed by atoms with Crippen molar-refractivity contribution in [3.63, 3.8) is 0 Å². The molecule has 1 aromatic heterocycles. The van der Waals surface area contributed by atoms with Gasteiger partial charge in [-0.2, -0.15) is 13.2 Å². The number of nitrogens with one attached hydrogen (secondary N) is 1. The number of hydrogen-bond acceptors (Lipinski definition) is 3. The molecule has 0 aliphatic carbocycles. The van der Waals surface area contributed by atoms with E-state index in [1.807, 2.05) is 0 Å². The minimum atomic E-state index is -4.67. The number of amides is 1. The van der Waals surface area contributed by atoms with E-state index in [2.05, 4.69) is 10.3 Å². The van der Waals surface area contributed by atoms with Crippen LogP contribution in [0.3, 0.4) is 0 Å². The molecule has 1 unspecified atom stereocenters. The van der Waals surface area contributed by atoms with Gasteiger partial charge in [-0.25, -0.2) is 0 Å². The molecule has 2 N–H and O–H groups in total. The summed E-state index contributed by atoms with van der Waals surface area (Å²) in [5.74, 6) is -2.41. The number of carboxylic acid groups (broad SMARTS) is 1. The van der Waals surface area contributed by atoms with Gasteiger partial charge >= 0.3 is 12.1 Å². The molecule has 1 rings (SSSR count). The highest BCUT2D eigenvalue weighted by molar-refractivity contribution is 5.93. The fraction of sp³-hybridized carbons (Fsp3) is 0.417. The first-order valence-electron chi connectivity index (χ1n) is 5.74. The van der Waals surface area contributed by atoms with Crippen molar-refractivity contribution in [2.24, 2.45) is 5.92 Å². The van der Waals surface area contributed by atoms with Gasteiger partial charge in [0.1, 0.15) is 5.69 Å². The van der Waals surface area contributed by atoms with E-state index in [0.29, 0.717) is 0 Å². The fourth-order valence-electron chi connectivity index (χ4n) is 1.54. The summed E-state index contributed by atoms with van der Waals surface area (Å²) in [4.78, 5) is 25.6. The van der Waals surface area contributed by atoms with Crippen LogP contribution in [-0.2, 0) is 11.0 Å². The van der Waals surface area contributed by atoms with E-state index < -0.39 is 35.2 Å². The van der Waals surface area contributed by atoms with Gasteiger partial charge < -0.3 is 10.4 Å². The predicted molar refractivity (Wildman–Crippen MR) is 63.0 cm³/mol. The summed E-state index contributed by atoms with van der Waals surface area (Å²) in [5.41, 5.74) is -1.84. The van der Waals surface area contributed by atoms with Crippen molar-refractivity contribution in [1.29, 1.82) is 0 Å². The van der Waals surface area contributed by atoms with Crippen molar-refractivity contribution in [1.82, 2.24) is 10.3 Å². The molecule has 0 aliphatic heterocycles. The maximum atomic E-state index is 12.7. The van der Waals surface area contributed by atoms with Crippen LogP contribution in [0.4, 0.5) is 13.2 Å². The summed E-state index contributed by atoms with van der Waals surface area (Å²) >= 11 is 0. The summed E-state index contributed by atoms with van der Waals surface area (Å²) in [6.07, 6.45) is -3.77. The smallest absolute Gasteiger partial charge is 0.418 e. The maximum absolute atomic E-state index is 12.7. The quantitative estimate of drug-likeness (QED) is 0.868. The number of halogens is 3. The van der Waals surface area contributed by atoms with Crippen LogP contribution in [0.1, 0.15) is 29.4 Å². The second-order valence-corrected chi connectivity index (χ2v) is 4.31. The van der Waals surface area contributed by atoms with E-state index in [1.165, 1.54) is 0 Å². The third-order valence-electron chi connectivity index (χ3n) is 2.46. The Balaban J connectivity index is 2.76. The van der Waals surface area contributed by atoms with Crippen LogP contribution in [0.5, 0.6) is 0 Å². The van der Waals surface area contributed by atoms with E-state index in [9.17, 15) is 22.8 Å². The van der Waals surface area contributed by atoms with Gasteiger partial charge in [0.25, 0.3) is 5.91 Å². The predicted octanol–water partition coefficient (Wildman–Crippen LogP) is 1.94. The molecule has 5 nitrogen and oxygen atoms in total. The molecule has 110 valence electrons. The Morgan fingerprint density at radius 1 is 1.45 bits per heavy atom. The number of aromatic nitrogens is 1. The van der Waals surface area contributed by atoms with Gasteiger partial charge in [0, 0.05) is 19.2 Å². The van der Waals surface area contributed by atoms with Gasteiger partial charge in [0.15, 0.2) is 0 Å². The number of nitrogens with zero attached hydrogens (tertiary/aromatic N) is 1. The van der Waals surface area contributed by atoms with Crippen LogP contribution < -0.4 is 5.32 Å². The number of carboxylic acids is 1. The van der Waals surface area contributed by atoms with E-state index in [4.69, 9.17) is 5.11 Å². The summed E-state index contributed by atoms with van der Waals surface area (Å²) < 4.78 is 38.0. The molecule has 0 aromatic carbocycles. The van der Waals surface area contributed by atoms with Crippen molar-refractivity contribution in [3.8, 4) is 0 Å². The van der Waals surface area contributed by atoms with Crippen molar-refractivity contribution in [2.75, 3.05) is 6.54 Å². The molecule has 0 saturated carbocycles. The van der Waals surface area contributed by atoms with Crippen LogP contribution in [-0.4, -0.2) is 28.5 Å². The molecular weight excluding hydrogens is 277 g/mol. The number of pyridine rings is 1. The zero-order chi connectivity index (χ0) is 15.3. The van der Waals surface area contributed by atoms with Crippen molar-refractivity contribution < 1.29 is 27.9 Å². The summed E-state index contributed by atoms with van der Waals surface area (Å²) in [5, 5.41) is 10.8. The molecule has 1 aromatic rings. The van der Waals surface area contributed by atoms with Gasteiger partial charge in [0.2, 0.25) is 0 Å². The van der Waals surface area contributed by atoms with Crippen LogP contribution in [0.15, 0.2) is 18.3 Å². The van der Waals surface area contributed by atoms with Crippen LogP contribution >= 0.6 is 0 Å². The van der Waals surface area contributed by atoms with E-state index in [-0.39, 0.29) is 13.0 Å². The highest BCUT2D eigenvalue weighted by atomic mass is 19.4.